The molecule has 3 heterocycles. The third-order valence-electron chi connectivity index (χ3n) is 7.30. The Balaban J connectivity index is 1.51. The number of rotatable bonds is 8. The van der Waals surface area contributed by atoms with Gasteiger partial charge in [0.05, 0.1) is 24.9 Å². The van der Waals surface area contributed by atoms with E-state index in [0.717, 1.165) is 39.1 Å². The molecule has 0 spiro atoms. The van der Waals surface area contributed by atoms with Crippen LogP contribution < -0.4 is 16.2 Å². The highest BCUT2D eigenvalue weighted by molar-refractivity contribution is 6.05. The molecule has 226 valence electrons. The van der Waals surface area contributed by atoms with Crippen LogP contribution in [-0.4, -0.2) is 54.9 Å². The summed E-state index contributed by atoms with van der Waals surface area (Å²) in [5.74, 6) is -2.52. The molecular formula is C33H26F2N6O4. The number of aliphatic hydroxyl groups is 2. The van der Waals surface area contributed by atoms with Crippen molar-refractivity contribution in [3.63, 3.8) is 0 Å². The molecule has 6 rings (SSSR count). The number of halogens is 2. The first kappa shape index (κ1) is 29.5. The van der Waals surface area contributed by atoms with Gasteiger partial charge in [-0.15, -0.1) is 0 Å². The van der Waals surface area contributed by atoms with Crippen LogP contribution in [0.4, 0.5) is 20.4 Å². The maximum absolute atomic E-state index is 15.0. The summed E-state index contributed by atoms with van der Waals surface area (Å²) in [6.07, 6.45) is 1.62. The molecule has 0 aliphatic carbocycles. The predicted molar refractivity (Wildman–Crippen MR) is 167 cm³/mol. The maximum Gasteiger partial charge on any atom is 0.274 e. The molecule has 0 aliphatic heterocycles. The van der Waals surface area contributed by atoms with Gasteiger partial charge in [0.25, 0.3) is 11.5 Å². The Morgan fingerprint density at radius 2 is 1.64 bits per heavy atom. The number of nitrogens with zero attached hydrogens (tertiary/aromatic N) is 4. The molecule has 12 heteroatoms. The maximum atomic E-state index is 15.0. The van der Waals surface area contributed by atoms with Crippen LogP contribution in [0.2, 0.25) is 0 Å². The molecule has 0 fully saturated rings. The molecule has 1 amide bonds. The first-order chi connectivity index (χ1) is 21.8. The number of amides is 1. The van der Waals surface area contributed by atoms with Crippen LogP contribution in [-0.2, 0) is 0 Å². The van der Waals surface area contributed by atoms with Crippen molar-refractivity contribution in [2.75, 3.05) is 23.8 Å². The normalized spacial score (nSPS) is 11.3. The largest absolute Gasteiger partial charge is 0.394 e. The zero-order valence-electron chi connectivity index (χ0n) is 23.8. The molecule has 0 atom stereocenters. The Labute approximate surface area is 254 Å². The van der Waals surface area contributed by atoms with Gasteiger partial charge in [-0.05, 0) is 54.3 Å². The molecule has 4 N–H and O–H groups in total. The first-order valence-electron chi connectivity index (χ1n) is 13.9. The van der Waals surface area contributed by atoms with Crippen LogP contribution in [0.5, 0.6) is 0 Å². The van der Waals surface area contributed by atoms with E-state index in [1.54, 1.807) is 30.5 Å². The number of pyridine rings is 2. The van der Waals surface area contributed by atoms with Crippen molar-refractivity contribution in [3.05, 3.63) is 118 Å². The molecule has 3 aromatic carbocycles. The van der Waals surface area contributed by atoms with Crippen LogP contribution in [0.25, 0.3) is 38.8 Å². The minimum Gasteiger partial charge on any atom is -0.394 e. The van der Waals surface area contributed by atoms with Gasteiger partial charge in [0.1, 0.15) is 23.0 Å². The topological polar surface area (TPSA) is 142 Å². The third-order valence-corrected chi connectivity index (χ3v) is 7.30. The number of carbonyl (C=O) groups excluding carboxylic acids is 1. The number of para-hydroxylation sites is 1. The summed E-state index contributed by atoms with van der Waals surface area (Å²) in [6.45, 7) is 0.865. The molecule has 10 nitrogen and oxygen atoms in total. The van der Waals surface area contributed by atoms with Crippen molar-refractivity contribution in [3.8, 4) is 16.9 Å². The van der Waals surface area contributed by atoms with Crippen LogP contribution in [0.15, 0.2) is 89.9 Å². The second-order valence-corrected chi connectivity index (χ2v) is 10.3. The Bertz CT molecular complexity index is 2130. The highest BCUT2D eigenvalue weighted by Gasteiger charge is 2.21. The second-order valence-electron chi connectivity index (χ2n) is 10.3. The van der Waals surface area contributed by atoms with Crippen molar-refractivity contribution in [2.45, 2.75) is 13.0 Å². The van der Waals surface area contributed by atoms with Gasteiger partial charge in [-0.3, -0.25) is 19.1 Å². The number of aryl methyl sites for hydroxylation is 1. The summed E-state index contributed by atoms with van der Waals surface area (Å²) < 4.78 is 30.8. The van der Waals surface area contributed by atoms with E-state index < -0.39 is 48.0 Å². The van der Waals surface area contributed by atoms with E-state index in [1.807, 2.05) is 31.2 Å². The third kappa shape index (κ3) is 5.71. The summed E-state index contributed by atoms with van der Waals surface area (Å²) in [5, 5.41) is 27.0. The lowest BCUT2D eigenvalue weighted by atomic mass is 10.0. The van der Waals surface area contributed by atoms with Crippen molar-refractivity contribution >= 4 is 39.3 Å². The zero-order valence-corrected chi connectivity index (χ0v) is 23.8. The van der Waals surface area contributed by atoms with E-state index in [-0.39, 0.29) is 28.4 Å². The van der Waals surface area contributed by atoms with Gasteiger partial charge in [0, 0.05) is 34.3 Å². The minimum atomic E-state index is -0.981. The van der Waals surface area contributed by atoms with Gasteiger partial charge < -0.3 is 20.8 Å². The summed E-state index contributed by atoms with van der Waals surface area (Å²) in [7, 11) is 0. The number of hydrogen-bond donors (Lipinski definition) is 4. The number of carbonyl (C=O) groups is 1. The van der Waals surface area contributed by atoms with Crippen molar-refractivity contribution < 1.29 is 23.8 Å². The Kier molecular flexibility index (Phi) is 7.98. The fourth-order valence-corrected chi connectivity index (χ4v) is 4.99. The van der Waals surface area contributed by atoms with Gasteiger partial charge in [-0.2, -0.15) is 4.98 Å². The van der Waals surface area contributed by atoms with Crippen molar-refractivity contribution in [1.29, 1.82) is 0 Å². The summed E-state index contributed by atoms with van der Waals surface area (Å²) in [5.41, 5.74) is 0.632. The highest BCUT2D eigenvalue weighted by atomic mass is 19.1. The molecule has 0 unspecified atom stereocenters. The van der Waals surface area contributed by atoms with E-state index in [9.17, 15) is 28.6 Å². The molecule has 45 heavy (non-hydrogen) atoms. The average molecular weight is 609 g/mol. The zero-order chi connectivity index (χ0) is 31.7. The lowest BCUT2D eigenvalue weighted by Gasteiger charge is -2.18. The average Bonchev–Trinajstić information content (AvgIpc) is 3.04. The SMILES string of the molecule is Cc1ccc(NC(=O)c2cc3ccccc3cn2)cc1-c1nc(NC(CO)CO)nc2c1ccc(=O)n2-c1c(F)cccc1F. The molecule has 0 radical (unpaired) electrons. The van der Waals surface area contributed by atoms with Crippen LogP contribution in [0.1, 0.15) is 16.1 Å². The molecule has 0 aliphatic rings. The highest BCUT2D eigenvalue weighted by Crippen LogP contribution is 2.33. The first-order valence-corrected chi connectivity index (χ1v) is 13.9. The van der Waals surface area contributed by atoms with E-state index in [4.69, 9.17) is 0 Å². The second kappa shape index (κ2) is 12.2. The fraction of sp³-hybridized carbons (Fsp3) is 0.121. The molecule has 3 aromatic heterocycles. The van der Waals surface area contributed by atoms with Gasteiger partial charge >= 0.3 is 0 Å². The number of aliphatic hydroxyl groups excluding tert-OH is 2. The van der Waals surface area contributed by atoms with Gasteiger partial charge in [0.15, 0.2) is 5.65 Å². The fourth-order valence-electron chi connectivity index (χ4n) is 4.99. The lowest BCUT2D eigenvalue weighted by molar-refractivity contribution is 0.102. The number of aromatic nitrogens is 4. The van der Waals surface area contributed by atoms with E-state index >= 15 is 0 Å². The number of hydrogen-bond acceptors (Lipinski definition) is 8. The van der Waals surface area contributed by atoms with Crippen LogP contribution in [0.3, 0.4) is 0 Å². The van der Waals surface area contributed by atoms with Gasteiger partial charge in [0.2, 0.25) is 5.95 Å². The smallest absolute Gasteiger partial charge is 0.274 e. The van der Waals surface area contributed by atoms with E-state index in [1.165, 1.54) is 12.1 Å². The Hall–Kier alpha value is -5.59. The minimum absolute atomic E-state index is 0.115. The van der Waals surface area contributed by atoms with Crippen LogP contribution >= 0.6 is 0 Å². The molecular weight excluding hydrogens is 582 g/mol. The number of benzene rings is 3. The number of fused-ring (bicyclic) bond motifs is 2. The monoisotopic (exact) mass is 608 g/mol. The van der Waals surface area contributed by atoms with Gasteiger partial charge in [-0.25, -0.2) is 13.8 Å². The van der Waals surface area contributed by atoms with Crippen LogP contribution in [0, 0.1) is 18.6 Å². The Morgan fingerprint density at radius 3 is 2.38 bits per heavy atom. The summed E-state index contributed by atoms with van der Waals surface area (Å²) >= 11 is 0. The van der Waals surface area contributed by atoms with E-state index in [0.29, 0.717) is 11.3 Å². The van der Waals surface area contributed by atoms with Gasteiger partial charge in [-0.1, -0.05) is 36.4 Å². The van der Waals surface area contributed by atoms with E-state index in [2.05, 4.69) is 25.6 Å². The molecule has 0 saturated carbocycles. The predicted octanol–water partition coefficient (Wildman–Crippen LogP) is 4.60. The molecule has 0 saturated heterocycles. The van der Waals surface area contributed by atoms with Crippen molar-refractivity contribution in [1.82, 2.24) is 19.5 Å². The molecule has 0 bridgehead atoms. The lowest BCUT2D eigenvalue weighted by Crippen LogP contribution is -2.29. The quantitative estimate of drug-likeness (QED) is 0.197. The number of anilines is 2. The summed E-state index contributed by atoms with van der Waals surface area (Å²) in [6, 6.07) is 19.3. The Morgan fingerprint density at radius 1 is 0.911 bits per heavy atom. The standard InChI is InChI=1S/C33H26F2N6O4/c1-18-9-10-21(37-32(45)27-13-19-5-2-3-6-20(19)15-36-27)14-24(18)29-23-11-12-28(44)41(30-25(34)7-4-8-26(30)35)31(23)40-33(39-29)38-22(16-42)17-43/h2-15,22,42-43H,16-17H2,1H3,(H,37,45)(H,38,39,40). The summed E-state index contributed by atoms with van der Waals surface area (Å²) in [4.78, 5) is 39.6. The van der Waals surface area contributed by atoms with Crippen molar-refractivity contribution in [2.24, 2.45) is 0 Å². The molecule has 6 aromatic rings. The number of nitrogens with one attached hydrogen (secondary N) is 2.